The van der Waals surface area contributed by atoms with Gasteiger partial charge in [0.1, 0.15) is 5.82 Å². The van der Waals surface area contributed by atoms with Crippen molar-refractivity contribution in [3.8, 4) is 17.3 Å². The first-order valence-electron chi connectivity index (χ1n) is 12.2. The number of aryl methyl sites for hydroxylation is 1. The molecule has 182 valence electrons. The second kappa shape index (κ2) is 9.72. The summed E-state index contributed by atoms with van der Waals surface area (Å²) >= 11 is 0. The molecule has 3 heterocycles. The van der Waals surface area contributed by atoms with Gasteiger partial charge >= 0.3 is 0 Å². The molecule has 0 spiro atoms. The first-order valence-corrected chi connectivity index (χ1v) is 12.2. The van der Waals surface area contributed by atoms with Gasteiger partial charge in [-0.05, 0) is 42.5 Å². The number of para-hydroxylation sites is 1. The Morgan fingerprint density at radius 3 is 2.41 bits per heavy atom. The number of ether oxygens (including phenoxy) is 1. The summed E-state index contributed by atoms with van der Waals surface area (Å²) < 4.78 is 7.45. The maximum absolute atomic E-state index is 9.32. The summed E-state index contributed by atoms with van der Waals surface area (Å²) in [4.78, 5) is 14.3. The van der Waals surface area contributed by atoms with Crippen molar-refractivity contribution in [2.45, 2.75) is 0 Å². The van der Waals surface area contributed by atoms with Crippen molar-refractivity contribution in [3.63, 3.8) is 0 Å². The molecule has 0 aliphatic carbocycles. The van der Waals surface area contributed by atoms with Crippen LogP contribution in [0.25, 0.3) is 22.2 Å². The van der Waals surface area contributed by atoms with Crippen LogP contribution in [0.15, 0.2) is 85.1 Å². The van der Waals surface area contributed by atoms with E-state index in [4.69, 9.17) is 14.7 Å². The molecule has 0 bridgehead atoms. The summed E-state index contributed by atoms with van der Waals surface area (Å²) in [6.45, 7) is 2.74. The number of hydrogen-bond acceptors (Lipinski definition) is 7. The van der Waals surface area contributed by atoms with Crippen LogP contribution in [0.1, 0.15) is 5.56 Å². The SMILES string of the molecule is Cn1ncc2ccc(-c3cc(N(c4ccccc4)c4ccc(C#N)cc4)nc(N4CCOCC4)n3)cc21. The molecule has 0 saturated carbocycles. The summed E-state index contributed by atoms with van der Waals surface area (Å²) in [7, 11) is 1.94. The molecule has 5 aromatic rings. The van der Waals surface area contributed by atoms with Gasteiger partial charge in [-0.2, -0.15) is 15.3 Å². The summed E-state index contributed by atoms with van der Waals surface area (Å²) in [5.74, 6) is 1.41. The Kier molecular flexibility index (Phi) is 5.97. The Balaban J connectivity index is 1.54. The zero-order chi connectivity index (χ0) is 25.2. The Hall–Kier alpha value is -4.74. The third kappa shape index (κ3) is 4.48. The summed E-state index contributed by atoms with van der Waals surface area (Å²) in [5.41, 5.74) is 5.33. The number of nitriles is 1. The number of rotatable bonds is 5. The van der Waals surface area contributed by atoms with E-state index in [0.717, 1.165) is 52.4 Å². The number of morpholine rings is 1. The number of anilines is 4. The molecule has 6 rings (SSSR count). The van der Waals surface area contributed by atoms with Crippen molar-refractivity contribution in [1.29, 1.82) is 5.26 Å². The zero-order valence-corrected chi connectivity index (χ0v) is 20.5. The topological polar surface area (TPSA) is 83.1 Å². The molecule has 8 nitrogen and oxygen atoms in total. The highest BCUT2D eigenvalue weighted by molar-refractivity contribution is 5.85. The Morgan fingerprint density at radius 1 is 0.892 bits per heavy atom. The van der Waals surface area contributed by atoms with E-state index in [1.807, 2.05) is 66.5 Å². The molecule has 8 heteroatoms. The average Bonchev–Trinajstić information content (AvgIpc) is 3.34. The van der Waals surface area contributed by atoms with Crippen LogP contribution in [0, 0.1) is 11.3 Å². The smallest absolute Gasteiger partial charge is 0.228 e. The molecule has 0 atom stereocenters. The molecular formula is C29H25N7O. The zero-order valence-electron chi connectivity index (χ0n) is 20.5. The second-order valence-electron chi connectivity index (χ2n) is 8.88. The first-order chi connectivity index (χ1) is 18.2. The molecule has 1 aliphatic rings. The molecule has 2 aromatic heterocycles. The summed E-state index contributed by atoms with van der Waals surface area (Å²) in [5, 5.41) is 14.8. The lowest BCUT2D eigenvalue weighted by Gasteiger charge is -2.29. The molecule has 0 N–H and O–H groups in total. The lowest BCUT2D eigenvalue weighted by molar-refractivity contribution is 0.122. The molecule has 1 fully saturated rings. The van der Waals surface area contributed by atoms with Gasteiger partial charge in [-0.25, -0.2) is 4.98 Å². The van der Waals surface area contributed by atoms with Crippen molar-refractivity contribution >= 4 is 34.0 Å². The van der Waals surface area contributed by atoms with Crippen LogP contribution in [0.2, 0.25) is 0 Å². The highest BCUT2D eigenvalue weighted by Crippen LogP contribution is 2.36. The van der Waals surface area contributed by atoms with Crippen molar-refractivity contribution < 1.29 is 4.74 Å². The normalized spacial score (nSPS) is 13.5. The van der Waals surface area contributed by atoms with Crippen LogP contribution < -0.4 is 9.80 Å². The standard InChI is InChI=1S/C29H25N7O/c1-34-27-17-22(9-10-23(27)20-31-34)26-18-28(33-29(32-26)35-13-15-37-16-14-35)36(24-5-3-2-4-6-24)25-11-7-21(19-30)8-12-25/h2-12,17-18,20H,13-16H2,1H3. The van der Waals surface area contributed by atoms with E-state index in [2.05, 4.69) is 51.3 Å². The number of aromatic nitrogens is 4. The van der Waals surface area contributed by atoms with Gasteiger partial charge < -0.3 is 9.64 Å². The fraction of sp³-hybridized carbons (Fsp3) is 0.172. The monoisotopic (exact) mass is 487 g/mol. The van der Waals surface area contributed by atoms with Gasteiger partial charge in [0.15, 0.2) is 0 Å². The van der Waals surface area contributed by atoms with Gasteiger partial charge in [-0.1, -0.05) is 30.3 Å². The van der Waals surface area contributed by atoms with E-state index >= 15 is 0 Å². The van der Waals surface area contributed by atoms with E-state index in [1.54, 1.807) is 0 Å². The second-order valence-corrected chi connectivity index (χ2v) is 8.88. The third-order valence-electron chi connectivity index (χ3n) is 6.54. The molecule has 1 aliphatic heterocycles. The maximum Gasteiger partial charge on any atom is 0.228 e. The van der Waals surface area contributed by atoms with E-state index in [0.29, 0.717) is 24.7 Å². The van der Waals surface area contributed by atoms with Crippen LogP contribution in [0.3, 0.4) is 0 Å². The molecule has 0 unspecified atom stereocenters. The summed E-state index contributed by atoms with van der Waals surface area (Å²) in [6.07, 6.45) is 1.87. The number of fused-ring (bicyclic) bond motifs is 1. The minimum absolute atomic E-state index is 0.610. The van der Waals surface area contributed by atoms with Crippen LogP contribution in [-0.4, -0.2) is 46.1 Å². The van der Waals surface area contributed by atoms with Crippen LogP contribution in [0.4, 0.5) is 23.1 Å². The van der Waals surface area contributed by atoms with Crippen molar-refractivity contribution in [3.05, 3.63) is 90.6 Å². The fourth-order valence-electron chi connectivity index (χ4n) is 4.57. The van der Waals surface area contributed by atoms with Crippen molar-refractivity contribution in [1.82, 2.24) is 19.7 Å². The first kappa shape index (κ1) is 22.7. The number of hydrogen-bond donors (Lipinski definition) is 0. The highest BCUT2D eigenvalue weighted by atomic mass is 16.5. The molecule has 1 saturated heterocycles. The van der Waals surface area contributed by atoms with Crippen LogP contribution in [-0.2, 0) is 11.8 Å². The maximum atomic E-state index is 9.32. The third-order valence-corrected chi connectivity index (χ3v) is 6.54. The Labute approximate surface area is 215 Å². The quantitative estimate of drug-likeness (QED) is 0.337. The van der Waals surface area contributed by atoms with Gasteiger partial charge in [0.2, 0.25) is 5.95 Å². The fourth-order valence-corrected chi connectivity index (χ4v) is 4.57. The Morgan fingerprint density at radius 2 is 1.65 bits per heavy atom. The highest BCUT2D eigenvalue weighted by Gasteiger charge is 2.21. The molecule has 37 heavy (non-hydrogen) atoms. The predicted molar refractivity (Wildman–Crippen MR) is 144 cm³/mol. The lowest BCUT2D eigenvalue weighted by atomic mass is 10.1. The molecular weight excluding hydrogens is 462 g/mol. The van der Waals surface area contributed by atoms with Gasteiger partial charge in [-0.15, -0.1) is 0 Å². The van der Waals surface area contributed by atoms with Crippen LogP contribution in [0.5, 0.6) is 0 Å². The predicted octanol–water partition coefficient (Wildman–Crippen LogP) is 5.21. The minimum Gasteiger partial charge on any atom is -0.378 e. The van der Waals surface area contributed by atoms with Gasteiger partial charge in [0, 0.05) is 48.5 Å². The van der Waals surface area contributed by atoms with E-state index < -0.39 is 0 Å². The van der Waals surface area contributed by atoms with Crippen molar-refractivity contribution in [2.75, 3.05) is 36.1 Å². The summed E-state index contributed by atoms with van der Waals surface area (Å²) in [6, 6.07) is 28.1. The number of nitrogens with zero attached hydrogens (tertiary/aromatic N) is 7. The number of benzene rings is 3. The molecule has 0 amide bonds. The average molecular weight is 488 g/mol. The lowest BCUT2D eigenvalue weighted by Crippen LogP contribution is -2.37. The van der Waals surface area contributed by atoms with Gasteiger partial charge in [0.25, 0.3) is 0 Å². The van der Waals surface area contributed by atoms with Gasteiger partial charge in [0.05, 0.1) is 42.3 Å². The Bertz CT molecular complexity index is 1580. The minimum atomic E-state index is 0.610. The van der Waals surface area contributed by atoms with E-state index in [-0.39, 0.29) is 0 Å². The van der Waals surface area contributed by atoms with Gasteiger partial charge in [-0.3, -0.25) is 9.58 Å². The van der Waals surface area contributed by atoms with E-state index in [9.17, 15) is 5.26 Å². The largest absolute Gasteiger partial charge is 0.378 e. The molecule has 0 radical (unpaired) electrons. The van der Waals surface area contributed by atoms with Crippen molar-refractivity contribution in [2.24, 2.45) is 7.05 Å². The van der Waals surface area contributed by atoms with Crippen LogP contribution >= 0.6 is 0 Å². The van der Waals surface area contributed by atoms with E-state index in [1.165, 1.54) is 0 Å². The molecule has 3 aromatic carbocycles.